The third-order valence-corrected chi connectivity index (χ3v) is 6.20. The molecule has 0 aromatic heterocycles. The first kappa shape index (κ1) is 17.0. The Morgan fingerprint density at radius 2 is 1.47 bits per heavy atom. The molecular formula is C18H37N. The van der Waals surface area contributed by atoms with Gasteiger partial charge in [-0.25, -0.2) is 0 Å². The lowest BCUT2D eigenvalue weighted by atomic mass is 9.65. The van der Waals surface area contributed by atoms with Crippen LogP contribution in [-0.4, -0.2) is 13.1 Å². The Balaban J connectivity index is 2.21. The Bertz CT molecular complexity index is 242. The molecule has 1 saturated carbocycles. The minimum Gasteiger partial charge on any atom is -0.317 e. The van der Waals surface area contributed by atoms with Crippen molar-refractivity contribution in [1.29, 1.82) is 0 Å². The number of hydrogen-bond donors (Lipinski definition) is 1. The average molecular weight is 268 g/mol. The lowest BCUT2D eigenvalue weighted by Gasteiger charge is -2.42. The van der Waals surface area contributed by atoms with Crippen LogP contribution in [-0.2, 0) is 0 Å². The van der Waals surface area contributed by atoms with Gasteiger partial charge in [0.15, 0.2) is 0 Å². The van der Waals surface area contributed by atoms with E-state index in [0.717, 1.165) is 35.5 Å². The third kappa shape index (κ3) is 4.77. The number of hydrogen-bond acceptors (Lipinski definition) is 1. The molecule has 0 heterocycles. The van der Waals surface area contributed by atoms with E-state index in [1.807, 2.05) is 0 Å². The fraction of sp³-hybridized carbons (Fsp3) is 1.00. The van der Waals surface area contributed by atoms with Crippen molar-refractivity contribution in [1.82, 2.24) is 5.32 Å². The average Bonchev–Trinajstić information content (AvgIpc) is 2.32. The van der Waals surface area contributed by atoms with E-state index in [2.05, 4.69) is 53.9 Å². The molecule has 1 fully saturated rings. The van der Waals surface area contributed by atoms with Crippen molar-refractivity contribution in [3.8, 4) is 0 Å². The molecule has 1 heteroatoms. The van der Waals surface area contributed by atoms with Crippen LogP contribution in [0.2, 0.25) is 0 Å². The van der Waals surface area contributed by atoms with Gasteiger partial charge in [-0.3, -0.25) is 0 Å². The molecule has 4 unspecified atom stereocenters. The van der Waals surface area contributed by atoms with Crippen LogP contribution in [0.5, 0.6) is 0 Å². The quantitative estimate of drug-likeness (QED) is 0.655. The Morgan fingerprint density at radius 1 is 0.895 bits per heavy atom. The van der Waals surface area contributed by atoms with E-state index >= 15 is 0 Å². The molecule has 1 aliphatic carbocycles. The van der Waals surface area contributed by atoms with Gasteiger partial charge in [-0.15, -0.1) is 0 Å². The molecule has 0 aliphatic heterocycles. The van der Waals surface area contributed by atoms with Crippen molar-refractivity contribution in [3.05, 3.63) is 0 Å². The summed E-state index contributed by atoms with van der Waals surface area (Å²) in [5, 5.41) is 3.40. The third-order valence-electron chi connectivity index (χ3n) is 6.20. The maximum absolute atomic E-state index is 3.40. The van der Waals surface area contributed by atoms with Gasteiger partial charge in [0.2, 0.25) is 0 Å². The van der Waals surface area contributed by atoms with Gasteiger partial charge in [0.25, 0.3) is 0 Å². The summed E-state index contributed by atoms with van der Waals surface area (Å²) in [6.07, 6.45) is 5.77. The molecule has 19 heavy (non-hydrogen) atoms. The zero-order valence-electron chi connectivity index (χ0n) is 14.4. The molecule has 1 aliphatic rings. The van der Waals surface area contributed by atoms with Crippen LogP contribution in [0.25, 0.3) is 0 Å². The monoisotopic (exact) mass is 267 g/mol. The van der Waals surface area contributed by atoms with E-state index in [-0.39, 0.29) is 0 Å². The van der Waals surface area contributed by atoms with Gasteiger partial charge < -0.3 is 5.32 Å². The van der Waals surface area contributed by atoms with E-state index in [0.29, 0.717) is 6.04 Å². The summed E-state index contributed by atoms with van der Waals surface area (Å²) < 4.78 is 0. The molecule has 1 rings (SSSR count). The second-order valence-corrected chi connectivity index (χ2v) is 7.70. The second-order valence-electron chi connectivity index (χ2n) is 7.70. The predicted molar refractivity (Wildman–Crippen MR) is 86.3 cm³/mol. The first-order valence-corrected chi connectivity index (χ1v) is 8.54. The summed E-state index contributed by atoms with van der Waals surface area (Å²) in [5.41, 5.74) is 0. The summed E-state index contributed by atoms with van der Waals surface area (Å²) >= 11 is 0. The van der Waals surface area contributed by atoms with Gasteiger partial charge in [-0.2, -0.15) is 0 Å². The highest BCUT2D eigenvalue weighted by molar-refractivity contribution is 4.88. The molecule has 4 atom stereocenters. The topological polar surface area (TPSA) is 12.0 Å². The predicted octanol–water partition coefficient (Wildman–Crippen LogP) is 4.97. The summed E-state index contributed by atoms with van der Waals surface area (Å²) in [4.78, 5) is 0. The van der Waals surface area contributed by atoms with Gasteiger partial charge in [-0.1, -0.05) is 47.5 Å². The molecule has 0 aromatic rings. The minimum atomic E-state index is 0.711. The number of nitrogens with one attached hydrogen (secondary N) is 1. The highest BCUT2D eigenvalue weighted by Gasteiger charge is 2.35. The Hall–Kier alpha value is -0.0400. The second kappa shape index (κ2) is 7.67. The smallest absolute Gasteiger partial charge is 0.00642 e. The van der Waals surface area contributed by atoms with E-state index in [4.69, 9.17) is 0 Å². The number of rotatable bonds is 8. The van der Waals surface area contributed by atoms with Crippen molar-refractivity contribution in [2.45, 2.75) is 73.3 Å². The minimum absolute atomic E-state index is 0.711. The molecule has 0 radical (unpaired) electrons. The van der Waals surface area contributed by atoms with Crippen molar-refractivity contribution >= 4 is 0 Å². The lowest BCUT2D eigenvalue weighted by Crippen LogP contribution is -2.41. The lowest BCUT2D eigenvalue weighted by molar-refractivity contribution is 0.0957. The summed E-state index contributed by atoms with van der Waals surface area (Å²) in [5.74, 6) is 5.45. The maximum atomic E-state index is 3.40. The molecule has 1 N–H and O–H groups in total. The van der Waals surface area contributed by atoms with Gasteiger partial charge in [-0.05, 0) is 62.3 Å². The highest BCUT2D eigenvalue weighted by Crippen LogP contribution is 2.42. The molecule has 0 amide bonds. The van der Waals surface area contributed by atoms with Crippen molar-refractivity contribution < 1.29 is 0 Å². The van der Waals surface area contributed by atoms with Crippen LogP contribution in [0, 0.1) is 35.5 Å². The van der Waals surface area contributed by atoms with E-state index < -0.39 is 0 Å². The summed E-state index contributed by atoms with van der Waals surface area (Å²) in [6.45, 7) is 14.4. The zero-order valence-corrected chi connectivity index (χ0v) is 14.4. The standard InChI is InChI=1S/C18H37N/c1-12(2)15(5)13(3)8-9-14(4)17-10-18(11-17)16(6)19-7/h12-19H,8-11H2,1-7H3. The molecule has 0 saturated heterocycles. The molecule has 0 spiro atoms. The molecule has 0 bridgehead atoms. The van der Waals surface area contributed by atoms with Crippen molar-refractivity contribution in [2.24, 2.45) is 35.5 Å². The largest absolute Gasteiger partial charge is 0.317 e. The Labute approximate surface area is 121 Å². The Kier molecular flexibility index (Phi) is 6.86. The van der Waals surface area contributed by atoms with Crippen LogP contribution in [0.4, 0.5) is 0 Å². The maximum Gasteiger partial charge on any atom is 0.00642 e. The van der Waals surface area contributed by atoms with Crippen molar-refractivity contribution in [2.75, 3.05) is 7.05 Å². The van der Waals surface area contributed by atoms with Gasteiger partial charge >= 0.3 is 0 Å². The van der Waals surface area contributed by atoms with Crippen LogP contribution in [0.15, 0.2) is 0 Å². The molecule has 0 aromatic carbocycles. The molecule has 114 valence electrons. The van der Waals surface area contributed by atoms with Crippen LogP contribution >= 0.6 is 0 Å². The highest BCUT2D eigenvalue weighted by atomic mass is 14.9. The fourth-order valence-corrected chi connectivity index (χ4v) is 3.50. The van der Waals surface area contributed by atoms with Gasteiger partial charge in [0.05, 0.1) is 0 Å². The van der Waals surface area contributed by atoms with Crippen LogP contribution in [0.3, 0.4) is 0 Å². The van der Waals surface area contributed by atoms with E-state index in [9.17, 15) is 0 Å². The molecule has 1 nitrogen and oxygen atoms in total. The molecular weight excluding hydrogens is 230 g/mol. The zero-order chi connectivity index (χ0) is 14.6. The SMILES string of the molecule is CNC(C)C1CC(C(C)CCC(C)C(C)C(C)C)C1. The summed E-state index contributed by atoms with van der Waals surface area (Å²) in [7, 11) is 2.09. The van der Waals surface area contributed by atoms with Crippen LogP contribution in [0.1, 0.15) is 67.2 Å². The van der Waals surface area contributed by atoms with Gasteiger partial charge in [0.1, 0.15) is 0 Å². The summed E-state index contributed by atoms with van der Waals surface area (Å²) in [6, 6.07) is 0.711. The first-order chi connectivity index (χ1) is 8.86. The van der Waals surface area contributed by atoms with Gasteiger partial charge in [0, 0.05) is 6.04 Å². The fourth-order valence-electron chi connectivity index (χ4n) is 3.50. The normalized spacial score (nSPS) is 29.7. The Morgan fingerprint density at radius 3 is 1.95 bits per heavy atom. The van der Waals surface area contributed by atoms with Crippen molar-refractivity contribution in [3.63, 3.8) is 0 Å². The van der Waals surface area contributed by atoms with Crippen LogP contribution < -0.4 is 5.32 Å². The van der Waals surface area contributed by atoms with E-state index in [1.165, 1.54) is 25.7 Å². The van der Waals surface area contributed by atoms with E-state index in [1.54, 1.807) is 0 Å². The first-order valence-electron chi connectivity index (χ1n) is 8.54.